The Bertz CT molecular complexity index is 549. The van der Waals surface area contributed by atoms with Crippen molar-refractivity contribution in [2.75, 3.05) is 0 Å². The molecule has 0 atom stereocenters. The van der Waals surface area contributed by atoms with Gasteiger partial charge in [0, 0.05) is 6.54 Å². The standard InChI is InChI=1S/C17H20FN.ClH/c1-12(2)9-13-3-5-14(6-4-13)17-8-7-16(18)10-15(17)11-19;/h3-8,10,12H,9,11,19H2,1-2H3;1H. The number of nitrogens with two attached hydrogens (primary N) is 1. The molecule has 0 heterocycles. The highest BCUT2D eigenvalue weighted by Crippen LogP contribution is 2.25. The first-order valence-corrected chi connectivity index (χ1v) is 6.68. The number of hydrogen-bond acceptors (Lipinski definition) is 1. The van der Waals surface area contributed by atoms with Gasteiger partial charge in [0.05, 0.1) is 0 Å². The second kappa shape index (κ2) is 7.41. The predicted octanol–water partition coefficient (Wildman–Crippen LogP) is 4.57. The minimum absolute atomic E-state index is 0. The van der Waals surface area contributed by atoms with Crippen molar-refractivity contribution in [3.8, 4) is 11.1 Å². The molecule has 0 aliphatic heterocycles. The second-order valence-electron chi connectivity index (χ2n) is 5.30. The maximum Gasteiger partial charge on any atom is 0.123 e. The summed E-state index contributed by atoms with van der Waals surface area (Å²) >= 11 is 0. The summed E-state index contributed by atoms with van der Waals surface area (Å²) in [6.07, 6.45) is 1.08. The van der Waals surface area contributed by atoms with Crippen LogP contribution in [0.1, 0.15) is 25.0 Å². The first-order chi connectivity index (χ1) is 9.10. The summed E-state index contributed by atoms with van der Waals surface area (Å²) in [5, 5.41) is 0. The molecule has 0 aliphatic carbocycles. The first kappa shape index (κ1) is 16.7. The molecule has 0 radical (unpaired) electrons. The van der Waals surface area contributed by atoms with Gasteiger partial charge in [-0.05, 0) is 46.7 Å². The molecule has 108 valence electrons. The zero-order chi connectivity index (χ0) is 13.8. The molecular formula is C17H21ClFN. The summed E-state index contributed by atoms with van der Waals surface area (Å²) in [4.78, 5) is 0. The Labute approximate surface area is 126 Å². The van der Waals surface area contributed by atoms with E-state index in [1.165, 1.54) is 17.7 Å². The largest absolute Gasteiger partial charge is 0.326 e. The molecular weight excluding hydrogens is 273 g/mol. The summed E-state index contributed by atoms with van der Waals surface area (Å²) in [5.41, 5.74) is 9.96. The Morgan fingerprint density at radius 3 is 2.25 bits per heavy atom. The third-order valence-corrected chi connectivity index (χ3v) is 3.20. The minimum Gasteiger partial charge on any atom is -0.326 e. The van der Waals surface area contributed by atoms with Gasteiger partial charge < -0.3 is 5.73 Å². The molecule has 1 nitrogen and oxygen atoms in total. The Balaban J connectivity index is 0.00000200. The molecule has 2 N–H and O–H groups in total. The van der Waals surface area contributed by atoms with E-state index >= 15 is 0 Å². The van der Waals surface area contributed by atoms with Crippen LogP contribution in [0.5, 0.6) is 0 Å². The van der Waals surface area contributed by atoms with Crippen LogP contribution in [0.3, 0.4) is 0 Å². The zero-order valence-corrected chi connectivity index (χ0v) is 12.7. The van der Waals surface area contributed by atoms with Crippen LogP contribution in [0.4, 0.5) is 4.39 Å². The minimum atomic E-state index is -0.236. The molecule has 0 amide bonds. The van der Waals surface area contributed by atoms with Gasteiger partial charge >= 0.3 is 0 Å². The van der Waals surface area contributed by atoms with Gasteiger partial charge in [-0.15, -0.1) is 12.4 Å². The van der Waals surface area contributed by atoms with Crippen LogP contribution in [0, 0.1) is 11.7 Å². The third kappa shape index (κ3) is 4.06. The van der Waals surface area contributed by atoms with E-state index < -0.39 is 0 Å². The van der Waals surface area contributed by atoms with E-state index in [4.69, 9.17) is 5.73 Å². The SMILES string of the molecule is CC(C)Cc1ccc(-c2ccc(F)cc2CN)cc1.Cl. The molecule has 2 rings (SSSR count). The molecule has 0 fully saturated rings. The lowest BCUT2D eigenvalue weighted by atomic mass is 9.96. The number of rotatable bonds is 4. The van der Waals surface area contributed by atoms with Gasteiger partial charge in [-0.3, -0.25) is 0 Å². The quantitative estimate of drug-likeness (QED) is 0.878. The van der Waals surface area contributed by atoms with Gasteiger partial charge in [0.25, 0.3) is 0 Å². The van der Waals surface area contributed by atoms with Crippen LogP contribution in [-0.2, 0) is 13.0 Å². The van der Waals surface area contributed by atoms with Gasteiger partial charge in [-0.2, -0.15) is 0 Å². The highest BCUT2D eigenvalue weighted by Gasteiger charge is 2.06. The third-order valence-electron chi connectivity index (χ3n) is 3.20. The summed E-state index contributed by atoms with van der Waals surface area (Å²) in [6, 6.07) is 13.2. The van der Waals surface area contributed by atoms with Crippen molar-refractivity contribution in [1.29, 1.82) is 0 Å². The lowest BCUT2D eigenvalue weighted by Crippen LogP contribution is -2.00. The summed E-state index contributed by atoms with van der Waals surface area (Å²) < 4.78 is 13.2. The van der Waals surface area contributed by atoms with Crippen molar-refractivity contribution in [3.63, 3.8) is 0 Å². The van der Waals surface area contributed by atoms with Crippen LogP contribution in [-0.4, -0.2) is 0 Å². The summed E-state index contributed by atoms with van der Waals surface area (Å²) in [6.45, 7) is 4.77. The van der Waals surface area contributed by atoms with Crippen LogP contribution in [0.15, 0.2) is 42.5 Å². The maximum absolute atomic E-state index is 13.2. The van der Waals surface area contributed by atoms with Gasteiger partial charge in [0.2, 0.25) is 0 Å². The summed E-state index contributed by atoms with van der Waals surface area (Å²) in [7, 11) is 0. The molecule has 0 aromatic heterocycles. The molecule has 20 heavy (non-hydrogen) atoms. The second-order valence-corrected chi connectivity index (χ2v) is 5.30. The van der Waals surface area contributed by atoms with Crippen molar-refractivity contribution in [2.45, 2.75) is 26.8 Å². The van der Waals surface area contributed by atoms with E-state index in [0.29, 0.717) is 12.5 Å². The monoisotopic (exact) mass is 293 g/mol. The molecule has 0 spiro atoms. The average Bonchev–Trinajstić information content (AvgIpc) is 2.39. The van der Waals surface area contributed by atoms with Crippen molar-refractivity contribution >= 4 is 12.4 Å². The number of halogens is 2. The van der Waals surface area contributed by atoms with Gasteiger partial charge in [0.1, 0.15) is 5.82 Å². The smallest absolute Gasteiger partial charge is 0.123 e. The highest BCUT2D eigenvalue weighted by molar-refractivity contribution is 5.85. The highest BCUT2D eigenvalue weighted by atomic mass is 35.5. The van der Waals surface area contributed by atoms with Crippen molar-refractivity contribution in [2.24, 2.45) is 11.7 Å². The average molecular weight is 294 g/mol. The first-order valence-electron chi connectivity index (χ1n) is 6.68. The topological polar surface area (TPSA) is 26.0 Å². The van der Waals surface area contributed by atoms with Crippen LogP contribution < -0.4 is 5.73 Å². The van der Waals surface area contributed by atoms with Crippen LogP contribution in [0.25, 0.3) is 11.1 Å². The van der Waals surface area contributed by atoms with Crippen LogP contribution >= 0.6 is 12.4 Å². The fourth-order valence-corrected chi connectivity index (χ4v) is 2.30. The van der Waals surface area contributed by atoms with Crippen molar-refractivity contribution < 1.29 is 4.39 Å². The normalized spacial score (nSPS) is 10.4. The van der Waals surface area contributed by atoms with E-state index in [0.717, 1.165) is 23.1 Å². The van der Waals surface area contributed by atoms with E-state index in [1.807, 2.05) is 0 Å². The van der Waals surface area contributed by atoms with E-state index in [9.17, 15) is 4.39 Å². The maximum atomic E-state index is 13.2. The van der Waals surface area contributed by atoms with E-state index in [2.05, 4.69) is 38.1 Å². The van der Waals surface area contributed by atoms with Gasteiger partial charge in [0.15, 0.2) is 0 Å². The molecule has 0 saturated heterocycles. The van der Waals surface area contributed by atoms with Crippen molar-refractivity contribution in [1.82, 2.24) is 0 Å². The van der Waals surface area contributed by atoms with E-state index in [-0.39, 0.29) is 18.2 Å². The molecule has 0 unspecified atom stereocenters. The van der Waals surface area contributed by atoms with Gasteiger partial charge in [-0.1, -0.05) is 44.2 Å². The van der Waals surface area contributed by atoms with Gasteiger partial charge in [-0.25, -0.2) is 4.39 Å². The Hall–Kier alpha value is -1.38. The zero-order valence-electron chi connectivity index (χ0n) is 11.9. The number of benzene rings is 2. The Kier molecular flexibility index (Phi) is 6.18. The Morgan fingerprint density at radius 2 is 1.70 bits per heavy atom. The molecule has 0 bridgehead atoms. The molecule has 3 heteroatoms. The van der Waals surface area contributed by atoms with Crippen LogP contribution in [0.2, 0.25) is 0 Å². The van der Waals surface area contributed by atoms with Crippen molar-refractivity contribution in [3.05, 3.63) is 59.4 Å². The summed E-state index contributed by atoms with van der Waals surface area (Å²) in [5.74, 6) is 0.414. The lowest BCUT2D eigenvalue weighted by Gasteiger charge is -2.10. The fourth-order valence-electron chi connectivity index (χ4n) is 2.30. The number of hydrogen-bond donors (Lipinski definition) is 1. The lowest BCUT2D eigenvalue weighted by molar-refractivity contribution is 0.625. The fraction of sp³-hybridized carbons (Fsp3) is 0.294. The Morgan fingerprint density at radius 1 is 1.05 bits per heavy atom. The molecule has 0 saturated carbocycles. The molecule has 0 aliphatic rings. The van der Waals surface area contributed by atoms with E-state index in [1.54, 1.807) is 6.07 Å². The predicted molar refractivity (Wildman–Crippen MR) is 85.5 cm³/mol. The molecule has 2 aromatic rings. The molecule has 2 aromatic carbocycles.